The first kappa shape index (κ1) is 21.4. The van der Waals surface area contributed by atoms with Gasteiger partial charge in [-0.05, 0) is 35.4 Å². The van der Waals surface area contributed by atoms with Crippen molar-refractivity contribution in [2.24, 2.45) is 0 Å². The van der Waals surface area contributed by atoms with Gasteiger partial charge in [0.15, 0.2) is 0 Å². The molecule has 1 aromatic heterocycles. The first-order chi connectivity index (χ1) is 16.2. The number of fused-ring (bicyclic) bond motifs is 1. The number of carbonyl (C=O) groups is 1. The van der Waals surface area contributed by atoms with Gasteiger partial charge in [-0.15, -0.1) is 0 Å². The van der Waals surface area contributed by atoms with Crippen molar-refractivity contribution in [3.63, 3.8) is 0 Å². The number of carbonyl (C=O) groups excluding carboxylic acids is 1. The quantitative estimate of drug-likeness (QED) is 0.515. The van der Waals surface area contributed by atoms with E-state index in [-0.39, 0.29) is 18.2 Å². The number of thioether (sulfide) groups is 1. The summed E-state index contributed by atoms with van der Waals surface area (Å²) in [5.74, 6) is 2.12. The molecule has 0 unspecified atom stereocenters. The molecule has 1 amide bonds. The maximum atomic E-state index is 13.0. The SMILES string of the molecule is N#CC1=C2SCN(Cc3ccco3)CN2C(=O)C[C@@H]1c1ccc(OCc2ccccc2)cc1. The normalized spacial score (nSPS) is 18.7. The molecule has 5 rings (SSSR count). The first-order valence-electron chi connectivity index (χ1n) is 10.8. The van der Waals surface area contributed by atoms with Crippen LogP contribution in [0.1, 0.15) is 29.2 Å². The first-order valence-corrected chi connectivity index (χ1v) is 11.8. The third-order valence-corrected chi connectivity index (χ3v) is 7.05. The van der Waals surface area contributed by atoms with Gasteiger partial charge in [0.1, 0.15) is 18.1 Å². The molecule has 166 valence electrons. The van der Waals surface area contributed by atoms with E-state index in [1.54, 1.807) is 22.9 Å². The number of amides is 1. The highest BCUT2D eigenvalue weighted by Crippen LogP contribution is 2.42. The lowest BCUT2D eigenvalue weighted by Gasteiger charge is -2.41. The van der Waals surface area contributed by atoms with E-state index < -0.39 is 0 Å². The standard InChI is InChI=1S/C26H23N3O3S/c27-14-24-23(20-8-10-21(11-9-20)32-16-19-5-2-1-3-6-19)13-25(30)29-17-28(18-33-26(24)29)15-22-7-4-12-31-22/h1-12,23H,13,15-18H2/t23-/m1/s1. The molecule has 1 atom stereocenters. The van der Waals surface area contributed by atoms with Gasteiger partial charge in [-0.2, -0.15) is 5.26 Å². The summed E-state index contributed by atoms with van der Waals surface area (Å²) in [4.78, 5) is 16.9. The van der Waals surface area contributed by atoms with Crippen molar-refractivity contribution in [2.45, 2.75) is 25.5 Å². The molecule has 7 heteroatoms. The topological polar surface area (TPSA) is 69.7 Å². The third-order valence-electron chi connectivity index (χ3n) is 5.84. The molecule has 2 aliphatic heterocycles. The van der Waals surface area contributed by atoms with Gasteiger partial charge >= 0.3 is 0 Å². The van der Waals surface area contributed by atoms with Crippen LogP contribution in [0.5, 0.6) is 5.75 Å². The van der Waals surface area contributed by atoms with Crippen molar-refractivity contribution in [1.82, 2.24) is 9.80 Å². The number of benzene rings is 2. The highest BCUT2D eigenvalue weighted by Gasteiger charge is 2.38. The summed E-state index contributed by atoms with van der Waals surface area (Å²) in [6, 6.07) is 23.9. The highest BCUT2D eigenvalue weighted by molar-refractivity contribution is 8.03. The fourth-order valence-corrected chi connectivity index (χ4v) is 5.29. The van der Waals surface area contributed by atoms with Crippen molar-refractivity contribution in [3.8, 4) is 11.8 Å². The molecule has 1 saturated heterocycles. The van der Waals surface area contributed by atoms with E-state index in [0.717, 1.165) is 27.7 Å². The minimum atomic E-state index is -0.235. The summed E-state index contributed by atoms with van der Waals surface area (Å²) in [6.07, 6.45) is 1.94. The number of furan rings is 1. The Morgan fingerprint density at radius 3 is 2.64 bits per heavy atom. The Morgan fingerprint density at radius 2 is 1.91 bits per heavy atom. The van der Waals surface area contributed by atoms with Crippen LogP contribution in [0, 0.1) is 11.3 Å². The maximum absolute atomic E-state index is 13.0. The number of hydrogen-bond acceptors (Lipinski definition) is 6. The van der Waals surface area contributed by atoms with Crippen molar-refractivity contribution in [3.05, 3.63) is 100 Å². The van der Waals surface area contributed by atoms with E-state index >= 15 is 0 Å². The molecule has 0 bridgehead atoms. The lowest BCUT2D eigenvalue weighted by molar-refractivity contribution is -0.132. The Bertz CT molecular complexity index is 1180. The number of hydrogen-bond donors (Lipinski definition) is 0. The van der Waals surface area contributed by atoms with Crippen LogP contribution in [0.4, 0.5) is 0 Å². The van der Waals surface area contributed by atoms with Gasteiger partial charge in [0.05, 0.1) is 42.0 Å². The number of nitriles is 1. The van der Waals surface area contributed by atoms with E-state index in [0.29, 0.717) is 31.3 Å². The second kappa shape index (κ2) is 9.57. The molecule has 2 aliphatic rings. The molecule has 0 saturated carbocycles. The number of nitrogens with zero attached hydrogens (tertiary/aromatic N) is 3. The van der Waals surface area contributed by atoms with Crippen LogP contribution in [0.3, 0.4) is 0 Å². The molecule has 6 nitrogen and oxygen atoms in total. The molecular formula is C26H23N3O3S. The molecule has 0 aliphatic carbocycles. The van der Waals surface area contributed by atoms with E-state index in [1.165, 1.54) is 0 Å². The predicted octanol–water partition coefficient (Wildman–Crippen LogP) is 5.07. The second-order valence-electron chi connectivity index (χ2n) is 8.08. The lowest BCUT2D eigenvalue weighted by Crippen LogP contribution is -2.46. The van der Waals surface area contributed by atoms with Gasteiger partial charge in [0, 0.05) is 12.3 Å². The number of rotatable bonds is 6. The van der Waals surface area contributed by atoms with Gasteiger partial charge < -0.3 is 9.15 Å². The van der Waals surface area contributed by atoms with Crippen LogP contribution in [0.25, 0.3) is 0 Å². The fourth-order valence-electron chi connectivity index (χ4n) is 4.15. The van der Waals surface area contributed by atoms with Crippen molar-refractivity contribution >= 4 is 17.7 Å². The van der Waals surface area contributed by atoms with Gasteiger partial charge in [-0.1, -0.05) is 54.2 Å². The zero-order chi connectivity index (χ0) is 22.6. The zero-order valence-electron chi connectivity index (χ0n) is 18.0. The predicted molar refractivity (Wildman–Crippen MR) is 126 cm³/mol. The Hall–Kier alpha value is -3.47. The molecule has 1 fully saturated rings. The smallest absolute Gasteiger partial charge is 0.229 e. The van der Waals surface area contributed by atoms with Gasteiger partial charge in [0.25, 0.3) is 0 Å². The van der Waals surface area contributed by atoms with Crippen LogP contribution in [-0.4, -0.2) is 28.3 Å². The monoisotopic (exact) mass is 457 g/mol. The van der Waals surface area contributed by atoms with Crippen LogP contribution < -0.4 is 4.74 Å². The molecule has 0 spiro atoms. The van der Waals surface area contributed by atoms with E-state index in [4.69, 9.17) is 9.15 Å². The maximum Gasteiger partial charge on any atom is 0.229 e. The molecule has 3 aromatic rings. The molecule has 2 aromatic carbocycles. The lowest BCUT2D eigenvalue weighted by atomic mass is 9.86. The minimum Gasteiger partial charge on any atom is -0.489 e. The zero-order valence-corrected chi connectivity index (χ0v) is 18.8. The molecule has 0 radical (unpaired) electrons. The van der Waals surface area contributed by atoms with Crippen LogP contribution in [-0.2, 0) is 17.9 Å². The summed E-state index contributed by atoms with van der Waals surface area (Å²) in [5, 5.41) is 10.8. The molecule has 3 heterocycles. The summed E-state index contributed by atoms with van der Waals surface area (Å²) in [5.41, 5.74) is 2.72. The average Bonchev–Trinajstić information content (AvgIpc) is 3.37. The van der Waals surface area contributed by atoms with Crippen LogP contribution in [0.15, 0.2) is 88.0 Å². The largest absolute Gasteiger partial charge is 0.489 e. The van der Waals surface area contributed by atoms with Crippen molar-refractivity contribution in [2.75, 3.05) is 12.5 Å². The second-order valence-corrected chi connectivity index (χ2v) is 9.01. The minimum absolute atomic E-state index is 0.0371. The van der Waals surface area contributed by atoms with Crippen molar-refractivity contribution in [1.29, 1.82) is 5.26 Å². The molecule has 33 heavy (non-hydrogen) atoms. The Balaban J connectivity index is 1.30. The Labute approximate surface area is 197 Å². The van der Waals surface area contributed by atoms with E-state index in [2.05, 4.69) is 11.0 Å². The van der Waals surface area contributed by atoms with Crippen molar-refractivity contribution < 1.29 is 13.9 Å². The summed E-state index contributed by atoms with van der Waals surface area (Å²) < 4.78 is 11.3. The average molecular weight is 458 g/mol. The van der Waals surface area contributed by atoms with E-state index in [1.807, 2.05) is 66.7 Å². The molecular weight excluding hydrogens is 434 g/mol. The number of ether oxygens (including phenoxy) is 1. The third kappa shape index (κ3) is 4.68. The fraction of sp³-hybridized carbons (Fsp3) is 0.231. The van der Waals surface area contributed by atoms with Gasteiger partial charge in [0.2, 0.25) is 5.91 Å². The highest BCUT2D eigenvalue weighted by atomic mass is 32.2. The van der Waals surface area contributed by atoms with Gasteiger partial charge in [-0.25, -0.2) is 0 Å². The summed E-state index contributed by atoms with van der Waals surface area (Å²) >= 11 is 1.54. The van der Waals surface area contributed by atoms with E-state index in [9.17, 15) is 10.1 Å². The molecule has 0 N–H and O–H groups in total. The summed E-state index contributed by atoms with van der Waals surface area (Å²) in [7, 11) is 0. The number of allylic oxidation sites excluding steroid dienone is 1. The van der Waals surface area contributed by atoms with Crippen LogP contribution >= 0.6 is 11.8 Å². The Kier molecular flexibility index (Phi) is 6.20. The Morgan fingerprint density at radius 1 is 1.09 bits per heavy atom. The van der Waals surface area contributed by atoms with Gasteiger partial charge in [-0.3, -0.25) is 14.6 Å². The summed E-state index contributed by atoms with van der Waals surface area (Å²) in [6.45, 7) is 1.59. The van der Waals surface area contributed by atoms with Crippen LogP contribution in [0.2, 0.25) is 0 Å².